The van der Waals surface area contributed by atoms with Crippen molar-refractivity contribution in [2.75, 3.05) is 11.9 Å². The highest BCUT2D eigenvalue weighted by Gasteiger charge is 2.18. The largest absolute Gasteiger partial charge is 0.324 e. The second kappa shape index (κ2) is 5.14. The molecule has 6 heteroatoms. The van der Waals surface area contributed by atoms with Crippen LogP contribution in [0.5, 0.6) is 0 Å². The fourth-order valence-corrected chi connectivity index (χ4v) is 1.84. The number of pyridine rings is 1. The van der Waals surface area contributed by atoms with Crippen LogP contribution in [0.25, 0.3) is 0 Å². The third kappa shape index (κ3) is 2.48. The minimum absolute atomic E-state index is 0.0112. The Kier molecular flexibility index (Phi) is 3.57. The molecule has 1 aromatic heterocycles. The Balaban J connectivity index is 2.42. The van der Waals surface area contributed by atoms with Gasteiger partial charge in [0.2, 0.25) is 5.82 Å². The fraction of sp³-hybridized carbons (Fsp3) is 0.0833. The summed E-state index contributed by atoms with van der Waals surface area (Å²) in [6.45, 7) is 0. The zero-order valence-corrected chi connectivity index (χ0v) is 11.2. The van der Waals surface area contributed by atoms with Crippen LogP contribution >= 0.6 is 15.9 Å². The Morgan fingerprint density at radius 3 is 2.56 bits per heavy atom. The summed E-state index contributed by atoms with van der Waals surface area (Å²) in [5.41, 5.74) is 0.822. The summed E-state index contributed by atoms with van der Waals surface area (Å²) >= 11 is 3.35. The van der Waals surface area contributed by atoms with Crippen LogP contribution < -0.4 is 4.90 Å². The van der Waals surface area contributed by atoms with E-state index in [1.165, 1.54) is 12.3 Å². The number of nitrogens with zero attached hydrogens (tertiary/aromatic N) is 3. The van der Waals surface area contributed by atoms with Gasteiger partial charge in [-0.3, -0.25) is 10.1 Å². The summed E-state index contributed by atoms with van der Waals surface area (Å²) in [6.07, 6.45) is 1.54. The molecule has 1 aromatic carbocycles. The third-order valence-electron chi connectivity index (χ3n) is 2.49. The molecule has 0 amide bonds. The van der Waals surface area contributed by atoms with Crippen LogP contribution in [0, 0.1) is 10.1 Å². The van der Waals surface area contributed by atoms with E-state index in [1.54, 1.807) is 18.0 Å². The second-order valence-electron chi connectivity index (χ2n) is 3.64. The molecule has 0 aliphatic rings. The number of hydrogen-bond acceptors (Lipinski definition) is 4. The first kappa shape index (κ1) is 12.5. The molecule has 92 valence electrons. The number of anilines is 2. The topological polar surface area (TPSA) is 59.3 Å². The van der Waals surface area contributed by atoms with E-state index in [0.29, 0.717) is 5.82 Å². The molecule has 5 nitrogen and oxygen atoms in total. The maximum absolute atomic E-state index is 10.9. The van der Waals surface area contributed by atoms with E-state index < -0.39 is 4.92 Å². The van der Waals surface area contributed by atoms with E-state index in [4.69, 9.17) is 0 Å². The Hall–Kier alpha value is -1.95. The normalized spacial score (nSPS) is 10.1. The Bertz CT molecular complexity index is 572. The van der Waals surface area contributed by atoms with E-state index in [9.17, 15) is 10.1 Å². The average Bonchev–Trinajstić information content (AvgIpc) is 2.39. The molecule has 0 aliphatic heterocycles. The Morgan fingerprint density at radius 1 is 1.28 bits per heavy atom. The van der Waals surface area contributed by atoms with E-state index in [-0.39, 0.29) is 5.69 Å². The molecule has 0 spiro atoms. The molecule has 1 heterocycles. The maximum atomic E-state index is 10.9. The lowest BCUT2D eigenvalue weighted by molar-refractivity contribution is -0.384. The first-order chi connectivity index (χ1) is 8.59. The standard InChI is InChI=1S/C12H10BrN3O2/c1-15(10-6-4-9(13)5-7-10)12-11(16(17)18)3-2-8-14-12/h2-8H,1H3. The van der Waals surface area contributed by atoms with Gasteiger partial charge in [-0.05, 0) is 30.3 Å². The molecule has 0 unspecified atom stereocenters. The lowest BCUT2D eigenvalue weighted by atomic mass is 10.3. The predicted molar refractivity (Wildman–Crippen MR) is 73.1 cm³/mol. The molecule has 0 fully saturated rings. The molecule has 0 N–H and O–H groups in total. The van der Waals surface area contributed by atoms with E-state index in [1.807, 2.05) is 24.3 Å². The van der Waals surface area contributed by atoms with Crippen molar-refractivity contribution in [3.63, 3.8) is 0 Å². The van der Waals surface area contributed by atoms with Gasteiger partial charge in [-0.1, -0.05) is 15.9 Å². The fourth-order valence-electron chi connectivity index (χ4n) is 1.58. The second-order valence-corrected chi connectivity index (χ2v) is 4.55. The Morgan fingerprint density at radius 2 is 1.94 bits per heavy atom. The van der Waals surface area contributed by atoms with Gasteiger partial charge in [0, 0.05) is 29.5 Å². The average molecular weight is 308 g/mol. The van der Waals surface area contributed by atoms with Crippen molar-refractivity contribution in [2.24, 2.45) is 0 Å². The highest BCUT2D eigenvalue weighted by Crippen LogP contribution is 2.30. The lowest BCUT2D eigenvalue weighted by Gasteiger charge is -2.17. The minimum atomic E-state index is -0.433. The highest BCUT2D eigenvalue weighted by molar-refractivity contribution is 9.10. The molecule has 18 heavy (non-hydrogen) atoms. The van der Waals surface area contributed by atoms with Gasteiger partial charge >= 0.3 is 5.69 Å². The van der Waals surface area contributed by atoms with Crippen molar-refractivity contribution in [1.29, 1.82) is 0 Å². The summed E-state index contributed by atoms with van der Waals surface area (Å²) in [7, 11) is 1.75. The van der Waals surface area contributed by atoms with Crippen molar-refractivity contribution >= 4 is 33.1 Å². The van der Waals surface area contributed by atoms with Gasteiger partial charge < -0.3 is 4.90 Å². The van der Waals surface area contributed by atoms with E-state index in [2.05, 4.69) is 20.9 Å². The van der Waals surface area contributed by atoms with Crippen LogP contribution in [0.3, 0.4) is 0 Å². The quantitative estimate of drug-likeness (QED) is 0.643. The van der Waals surface area contributed by atoms with E-state index >= 15 is 0 Å². The summed E-state index contributed by atoms with van der Waals surface area (Å²) in [4.78, 5) is 16.3. The smallest absolute Gasteiger partial charge is 0.311 e. The molecule has 0 saturated heterocycles. The highest BCUT2D eigenvalue weighted by atomic mass is 79.9. The number of halogens is 1. The van der Waals surface area contributed by atoms with Gasteiger partial charge in [-0.25, -0.2) is 4.98 Å². The SMILES string of the molecule is CN(c1ccc(Br)cc1)c1ncccc1[N+](=O)[O-]. The van der Waals surface area contributed by atoms with E-state index in [0.717, 1.165) is 10.2 Å². The van der Waals surface area contributed by atoms with Gasteiger partial charge in [0.05, 0.1) is 4.92 Å². The number of benzene rings is 1. The molecular weight excluding hydrogens is 298 g/mol. The van der Waals surface area contributed by atoms with Gasteiger partial charge in [0.1, 0.15) is 0 Å². The monoisotopic (exact) mass is 307 g/mol. The molecule has 2 rings (SSSR count). The van der Waals surface area contributed by atoms with Crippen molar-refractivity contribution in [3.8, 4) is 0 Å². The van der Waals surface area contributed by atoms with Crippen molar-refractivity contribution in [3.05, 3.63) is 57.2 Å². The van der Waals surface area contributed by atoms with Crippen molar-refractivity contribution < 1.29 is 4.92 Å². The molecule has 0 aliphatic carbocycles. The van der Waals surface area contributed by atoms with Gasteiger partial charge in [-0.15, -0.1) is 0 Å². The first-order valence-electron chi connectivity index (χ1n) is 5.18. The van der Waals surface area contributed by atoms with Crippen LogP contribution in [0.4, 0.5) is 17.2 Å². The molecule has 0 bridgehead atoms. The van der Waals surface area contributed by atoms with Crippen molar-refractivity contribution in [2.45, 2.75) is 0 Å². The van der Waals surface area contributed by atoms with Gasteiger partial charge in [-0.2, -0.15) is 0 Å². The van der Waals surface area contributed by atoms with Crippen LogP contribution in [-0.2, 0) is 0 Å². The van der Waals surface area contributed by atoms with Crippen LogP contribution in [0.15, 0.2) is 47.1 Å². The third-order valence-corrected chi connectivity index (χ3v) is 3.02. The molecular formula is C12H10BrN3O2. The zero-order valence-electron chi connectivity index (χ0n) is 9.58. The summed E-state index contributed by atoms with van der Waals surface area (Å²) in [6, 6.07) is 10.5. The minimum Gasteiger partial charge on any atom is -0.324 e. The summed E-state index contributed by atoms with van der Waals surface area (Å²) < 4.78 is 0.954. The number of hydrogen-bond donors (Lipinski definition) is 0. The number of rotatable bonds is 3. The zero-order chi connectivity index (χ0) is 13.1. The number of nitro groups is 1. The van der Waals surface area contributed by atoms with Crippen molar-refractivity contribution in [1.82, 2.24) is 4.98 Å². The van der Waals surface area contributed by atoms with Gasteiger partial charge in [0.15, 0.2) is 0 Å². The maximum Gasteiger partial charge on any atom is 0.311 e. The van der Waals surface area contributed by atoms with Crippen LogP contribution in [-0.4, -0.2) is 17.0 Å². The predicted octanol–water partition coefficient (Wildman–Crippen LogP) is 3.52. The first-order valence-corrected chi connectivity index (χ1v) is 5.97. The van der Waals surface area contributed by atoms with Crippen LogP contribution in [0.2, 0.25) is 0 Å². The molecule has 0 saturated carbocycles. The summed E-state index contributed by atoms with van der Waals surface area (Å²) in [5, 5.41) is 10.9. The number of aromatic nitrogens is 1. The van der Waals surface area contributed by atoms with Gasteiger partial charge in [0.25, 0.3) is 0 Å². The molecule has 0 atom stereocenters. The summed E-state index contributed by atoms with van der Waals surface area (Å²) in [5.74, 6) is 0.324. The lowest BCUT2D eigenvalue weighted by Crippen LogP contribution is -2.12. The van der Waals surface area contributed by atoms with Crippen LogP contribution in [0.1, 0.15) is 0 Å². The Labute approximate surface area is 112 Å². The molecule has 0 radical (unpaired) electrons. The molecule has 2 aromatic rings.